The Bertz CT molecular complexity index is 415. The van der Waals surface area contributed by atoms with Gasteiger partial charge in [0.25, 0.3) is 0 Å². The number of Topliss-reactive ketones (excluding diaryl/α,β-unsaturated/α-hetero) is 2. The molecule has 5 heteroatoms. The van der Waals surface area contributed by atoms with Crippen LogP contribution in [-0.2, 0) is 14.4 Å². The van der Waals surface area contributed by atoms with Crippen LogP contribution >= 0.6 is 0 Å². The predicted octanol–water partition coefficient (Wildman–Crippen LogP) is 2.81. The average molecular weight is 295 g/mol. The minimum Gasteiger partial charge on any atom is -0.481 e. The molecule has 1 saturated carbocycles. The molecule has 21 heavy (non-hydrogen) atoms. The van der Waals surface area contributed by atoms with Crippen LogP contribution < -0.4 is 0 Å². The Labute approximate surface area is 125 Å². The number of rotatable bonds is 9. The van der Waals surface area contributed by atoms with Gasteiger partial charge < -0.3 is 5.11 Å². The number of nitrogens with zero attached hydrogens (tertiary/aromatic N) is 1. The van der Waals surface area contributed by atoms with E-state index in [4.69, 9.17) is 5.11 Å². The van der Waals surface area contributed by atoms with Gasteiger partial charge in [-0.2, -0.15) is 0 Å². The second-order valence-electron chi connectivity index (χ2n) is 5.55. The summed E-state index contributed by atoms with van der Waals surface area (Å²) >= 11 is 0. The van der Waals surface area contributed by atoms with Crippen LogP contribution in [0.15, 0.2) is 4.99 Å². The van der Waals surface area contributed by atoms with E-state index in [1.165, 1.54) is 0 Å². The van der Waals surface area contributed by atoms with Crippen molar-refractivity contribution in [3.63, 3.8) is 0 Å². The van der Waals surface area contributed by atoms with Gasteiger partial charge in [-0.3, -0.25) is 19.4 Å². The highest BCUT2D eigenvalue weighted by atomic mass is 16.4. The molecular formula is C16H25NO4. The Hall–Kier alpha value is -1.52. The SMILES string of the molecule is CCCC(=O)[C@H]1C(=O)CCCC1=NCCCCCC(=O)O. The predicted molar refractivity (Wildman–Crippen MR) is 80.7 cm³/mol. The Morgan fingerprint density at radius 1 is 1.19 bits per heavy atom. The van der Waals surface area contributed by atoms with Gasteiger partial charge in [0.2, 0.25) is 0 Å². The highest BCUT2D eigenvalue weighted by Gasteiger charge is 2.33. The van der Waals surface area contributed by atoms with Crippen molar-refractivity contribution in [3.05, 3.63) is 0 Å². The second-order valence-corrected chi connectivity index (χ2v) is 5.55. The number of carboxylic acid groups (broad SMARTS) is 1. The molecule has 1 aliphatic carbocycles. The van der Waals surface area contributed by atoms with E-state index in [9.17, 15) is 14.4 Å². The van der Waals surface area contributed by atoms with Gasteiger partial charge in [-0.1, -0.05) is 13.3 Å². The maximum atomic E-state index is 12.1. The van der Waals surface area contributed by atoms with Gasteiger partial charge in [-0.25, -0.2) is 0 Å². The average Bonchev–Trinajstić information content (AvgIpc) is 2.42. The fraction of sp³-hybridized carbons (Fsp3) is 0.750. The van der Waals surface area contributed by atoms with Crippen LogP contribution in [0.4, 0.5) is 0 Å². The molecule has 0 radical (unpaired) electrons. The Morgan fingerprint density at radius 2 is 1.95 bits per heavy atom. The topological polar surface area (TPSA) is 83.8 Å². The largest absolute Gasteiger partial charge is 0.481 e. The van der Waals surface area contributed by atoms with Crippen molar-refractivity contribution in [2.45, 2.75) is 64.7 Å². The minimum atomic E-state index is -0.774. The maximum absolute atomic E-state index is 12.1. The van der Waals surface area contributed by atoms with E-state index in [0.717, 1.165) is 37.8 Å². The number of hydrogen-bond acceptors (Lipinski definition) is 4. The molecule has 0 aromatic heterocycles. The molecule has 1 fully saturated rings. The van der Waals surface area contributed by atoms with Crippen molar-refractivity contribution in [1.29, 1.82) is 0 Å². The summed E-state index contributed by atoms with van der Waals surface area (Å²) < 4.78 is 0. The Morgan fingerprint density at radius 3 is 2.62 bits per heavy atom. The lowest BCUT2D eigenvalue weighted by atomic mass is 9.82. The zero-order chi connectivity index (χ0) is 15.7. The van der Waals surface area contributed by atoms with E-state index in [-0.39, 0.29) is 18.0 Å². The van der Waals surface area contributed by atoms with Gasteiger partial charge in [0.15, 0.2) is 0 Å². The zero-order valence-corrected chi connectivity index (χ0v) is 12.8. The normalized spacial score (nSPS) is 20.7. The van der Waals surface area contributed by atoms with Crippen molar-refractivity contribution < 1.29 is 19.5 Å². The van der Waals surface area contributed by atoms with Gasteiger partial charge >= 0.3 is 5.97 Å². The summed E-state index contributed by atoms with van der Waals surface area (Å²) in [4.78, 5) is 38.9. The first-order valence-corrected chi connectivity index (χ1v) is 7.86. The number of aliphatic carboxylic acids is 1. The summed E-state index contributed by atoms with van der Waals surface area (Å²) in [5, 5.41) is 8.55. The van der Waals surface area contributed by atoms with Gasteiger partial charge in [-0.05, 0) is 32.1 Å². The molecule has 0 spiro atoms. The van der Waals surface area contributed by atoms with E-state index < -0.39 is 11.9 Å². The standard InChI is InChI=1S/C16H25NO4/c1-2-7-13(18)16-12(8-6-9-14(16)19)17-11-5-3-4-10-15(20)21/h16H,2-11H2,1H3,(H,20,21)/t16-/m0/s1. The van der Waals surface area contributed by atoms with Crippen LogP contribution in [0.5, 0.6) is 0 Å². The second kappa shape index (κ2) is 9.42. The van der Waals surface area contributed by atoms with Crippen LogP contribution in [0.3, 0.4) is 0 Å². The van der Waals surface area contributed by atoms with E-state index in [1.54, 1.807) is 0 Å². The molecule has 0 heterocycles. The fourth-order valence-corrected chi connectivity index (χ4v) is 2.63. The molecule has 0 bridgehead atoms. The summed E-state index contributed by atoms with van der Waals surface area (Å²) in [6.07, 6.45) is 5.65. The summed E-state index contributed by atoms with van der Waals surface area (Å²) in [5.74, 6) is -1.35. The molecule has 0 aromatic carbocycles. The van der Waals surface area contributed by atoms with Gasteiger partial charge in [-0.15, -0.1) is 0 Å². The number of hydrogen-bond donors (Lipinski definition) is 1. The third-order valence-electron chi connectivity index (χ3n) is 3.69. The van der Waals surface area contributed by atoms with Gasteiger partial charge in [0.1, 0.15) is 17.5 Å². The van der Waals surface area contributed by atoms with Crippen LogP contribution in [0.25, 0.3) is 0 Å². The molecule has 1 N–H and O–H groups in total. The highest BCUT2D eigenvalue weighted by Crippen LogP contribution is 2.21. The molecule has 0 unspecified atom stereocenters. The number of ketones is 2. The minimum absolute atomic E-state index is 0.00632. The molecule has 1 aliphatic rings. The molecule has 0 saturated heterocycles. The Kier molecular flexibility index (Phi) is 7.87. The first-order valence-electron chi connectivity index (χ1n) is 7.86. The summed E-state index contributed by atoms with van der Waals surface area (Å²) in [6, 6.07) is 0. The molecule has 1 atom stereocenters. The Balaban J connectivity index is 2.48. The maximum Gasteiger partial charge on any atom is 0.303 e. The first-order chi connectivity index (χ1) is 10.1. The van der Waals surface area contributed by atoms with Crippen LogP contribution in [0.1, 0.15) is 64.7 Å². The lowest BCUT2D eigenvalue weighted by Crippen LogP contribution is -2.35. The van der Waals surface area contributed by atoms with E-state index in [1.807, 2.05) is 6.92 Å². The van der Waals surface area contributed by atoms with Crippen molar-refractivity contribution >= 4 is 23.2 Å². The van der Waals surface area contributed by atoms with E-state index >= 15 is 0 Å². The number of carbonyl (C=O) groups excluding carboxylic acids is 2. The van der Waals surface area contributed by atoms with Gasteiger partial charge in [0.05, 0.1) is 0 Å². The molecule has 0 aliphatic heterocycles. The van der Waals surface area contributed by atoms with Gasteiger partial charge in [0, 0.05) is 31.5 Å². The van der Waals surface area contributed by atoms with Crippen molar-refractivity contribution in [2.75, 3.05) is 6.54 Å². The number of unbranched alkanes of at least 4 members (excludes halogenated alkanes) is 2. The fourth-order valence-electron chi connectivity index (χ4n) is 2.63. The molecule has 118 valence electrons. The smallest absolute Gasteiger partial charge is 0.303 e. The highest BCUT2D eigenvalue weighted by molar-refractivity contribution is 6.22. The van der Waals surface area contributed by atoms with Crippen molar-refractivity contribution in [2.24, 2.45) is 10.9 Å². The quantitative estimate of drug-likeness (QED) is 0.523. The van der Waals surface area contributed by atoms with Crippen molar-refractivity contribution in [1.82, 2.24) is 0 Å². The summed E-state index contributed by atoms with van der Waals surface area (Å²) in [5.41, 5.74) is 0.753. The number of carboxylic acids is 1. The van der Waals surface area contributed by atoms with E-state index in [0.29, 0.717) is 25.8 Å². The monoisotopic (exact) mass is 295 g/mol. The molecule has 0 amide bonds. The summed E-state index contributed by atoms with van der Waals surface area (Å²) in [6.45, 7) is 2.52. The van der Waals surface area contributed by atoms with Crippen LogP contribution in [0.2, 0.25) is 0 Å². The first kappa shape index (κ1) is 17.5. The lowest BCUT2D eigenvalue weighted by Gasteiger charge is -2.22. The van der Waals surface area contributed by atoms with Crippen molar-refractivity contribution in [3.8, 4) is 0 Å². The van der Waals surface area contributed by atoms with Crippen LogP contribution in [0, 0.1) is 5.92 Å². The molecule has 1 rings (SSSR count). The third-order valence-corrected chi connectivity index (χ3v) is 3.69. The summed E-state index contributed by atoms with van der Waals surface area (Å²) in [7, 11) is 0. The molecular weight excluding hydrogens is 270 g/mol. The molecule has 5 nitrogen and oxygen atoms in total. The number of aliphatic imine (C=N–C) groups is 1. The molecule has 0 aromatic rings. The lowest BCUT2D eigenvalue weighted by molar-refractivity contribution is -0.137. The number of carbonyl (C=O) groups is 3. The van der Waals surface area contributed by atoms with E-state index in [2.05, 4.69) is 4.99 Å². The zero-order valence-electron chi connectivity index (χ0n) is 12.8. The third kappa shape index (κ3) is 6.19. The van der Waals surface area contributed by atoms with Crippen LogP contribution in [-0.4, -0.2) is 34.9 Å².